The number of nitrogens with one attached hydrogen (secondary N) is 3. The number of carbonyl (C=O) groups is 3. The Labute approximate surface area is 251 Å². The number of nitrogens with zero attached hydrogens (tertiary/aromatic N) is 7. The van der Waals surface area contributed by atoms with Crippen molar-refractivity contribution in [2.45, 2.75) is 32.6 Å². The summed E-state index contributed by atoms with van der Waals surface area (Å²) >= 11 is 6.41. The molecule has 14 nitrogen and oxygen atoms in total. The van der Waals surface area contributed by atoms with Crippen LogP contribution in [0.5, 0.6) is 0 Å². The fourth-order valence-electron chi connectivity index (χ4n) is 4.01. The monoisotopic (exact) mass is 630 g/mol. The number of benzene rings is 2. The van der Waals surface area contributed by atoms with Gasteiger partial charge in [-0.15, -0.1) is 10.2 Å². The van der Waals surface area contributed by atoms with Crippen molar-refractivity contribution in [2.24, 2.45) is 0 Å². The molecule has 228 valence electrons. The molecule has 0 atom stereocenters. The first kappa shape index (κ1) is 31.4. The number of carbonyl (C=O) groups excluding carboxylic acids is 3. The molecule has 2 amide bonds. The Kier molecular flexibility index (Phi) is 9.75. The number of rotatable bonds is 10. The molecule has 4 aromatic rings. The van der Waals surface area contributed by atoms with E-state index in [0.29, 0.717) is 28.3 Å². The first-order valence-electron chi connectivity index (χ1n) is 12.7. The van der Waals surface area contributed by atoms with Gasteiger partial charge in [0.25, 0.3) is 11.7 Å². The van der Waals surface area contributed by atoms with Crippen LogP contribution in [-0.4, -0.2) is 54.9 Å². The first-order chi connectivity index (χ1) is 21.0. The second-order valence-electron chi connectivity index (χ2n) is 8.83. The third kappa shape index (κ3) is 7.46. The third-order valence-electron chi connectivity index (χ3n) is 5.82. The van der Waals surface area contributed by atoms with Crippen molar-refractivity contribution in [3.05, 3.63) is 81.4 Å². The second-order valence-corrected chi connectivity index (χ2v) is 9.23. The van der Waals surface area contributed by atoms with Gasteiger partial charge in [-0.05, 0) is 48.0 Å². The van der Waals surface area contributed by atoms with Gasteiger partial charge in [-0.1, -0.05) is 23.7 Å². The van der Waals surface area contributed by atoms with Crippen LogP contribution in [0.3, 0.4) is 0 Å². The van der Waals surface area contributed by atoms with Gasteiger partial charge in [-0.25, -0.2) is 14.9 Å². The summed E-state index contributed by atoms with van der Waals surface area (Å²) in [7, 11) is 0. The topological polar surface area (TPSA) is 182 Å². The molecule has 3 N–H and O–H groups in total. The van der Waals surface area contributed by atoms with Crippen molar-refractivity contribution >= 4 is 35.6 Å². The van der Waals surface area contributed by atoms with E-state index in [2.05, 4.69) is 36.7 Å². The molecule has 2 aromatic carbocycles. The quantitative estimate of drug-likeness (QED) is 0.174. The summed E-state index contributed by atoms with van der Waals surface area (Å²) in [6, 6.07) is 12.9. The highest BCUT2D eigenvalue weighted by molar-refractivity contribution is 6.32. The minimum Gasteiger partial charge on any atom is -0.449 e. The molecule has 0 aliphatic carbocycles. The summed E-state index contributed by atoms with van der Waals surface area (Å²) < 4.78 is 45.1. The highest BCUT2D eigenvalue weighted by Gasteiger charge is 2.36. The minimum absolute atomic E-state index is 0.0550. The zero-order valence-corrected chi connectivity index (χ0v) is 23.5. The molecule has 18 heteroatoms. The van der Waals surface area contributed by atoms with E-state index < -0.39 is 24.0 Å². The molecular formula is C26H22ClF3N10O4. The summed E-state index contributed by atoms with van der Waals surface area (Å²) in [6.07, 6.45) is -5.27. The fraction of sp³-hybridized carbons (Fsp3) is 0.231. The van der Waals surface area contributed by atoms with Crippen molar-refractivity contribution in [3.8, 4) is 11.8 Å². The number of aromatic nitrogens is 6. The number of ether oxygens (including phenoxy) is 1. The Hall–Kier alpha value is -5.50. The number of para-hydroxylation sites is 1. The summed E-state index contributed by atoms with van der Waals surface area (Å²) in [5.74, 6) is -2.22. The summed E-state index contributed by atoms with van der Waals surface area (Å²) in [5, 5.41) is 27.2. The lowest BCUT2D eigenvalue weighted by Crippen LogP contribution is -2.42. The number of hydrogen-bond donors (Lipinski definition) is 3. The molecule has 0 aliphatic rings. The molecule has 44 heavy (non-hydrogen) atoms. The van der Waals surface area contributed by atoms with Gasteiger partial charge in [0, 0.05) is 6.42 Å². The Morgan fingerprint density at radius 3 is 2.59 bits per heavy atom. The molecule has 0 spiro atoms. The normalized spacial score (nSPS) is 11.0. The number of amides is 2. The van der Waals surface area contributed by atoms with E-state index in [1.54, 1.807) is 37.3 Å². The number of aldehydes is 1. The lowest BCUT2D eigenvalue weighted by molar-refractivity contribution is -0.145. The van der Waals surface area contributed by atoms with Crippen LogP contribution in [0.25, 0.3) is 5.69 Å². The van der Waals surface area contributed by atoms with Crippen LogP contribution in [0, 0.1) is 11.3 Å². The predicted molar refractivity (Wildman–Crippen MR) is 146 cm³/mol. The summed E-state index contributed by atoms with van der Waals surface area (Å²) in [5.41, 5.74) is 5.87. The Morgan fingerprint density at radius 2 is 1.93 bits per heavy atom. The number of halogens is 4. The first-order valence-corrected chi connectivity index (χ1v) is 13.1. The predicted octanol–water partition coefficient (Wildman–Crippen LogP) is 3.20. The Balaban J connectivity index is 1.70. The van der Waals surface area contributed by atoms with E-state index in [4.69, 9.17) is 16.3 Å². The van der Waals surface area contributed by atoms with E-state index in [9.17, 15) is 32.8 Å². The molecule has 0 bridgehead atoms. The van der Waals surface area contributed by atoms with Crippen molar-refractivity contribution in [2.75, 3.05) is 11.9 Å². The Morgan fingerprint density at radius 1 is 1.16 bits per heavy atom. The minimum atomic E-state index is -4.78. The SMILES string of the molecule is CCOC(=O)NNC(=O)c1cc(C#N)cc(CC=O)c1NCc1cc(Cn2nnc(C(F)(F)F)n2)nn1-c1ccccc1Cl. The van der Waals surface area contributed by atoms with E-state index in [0.717, 1.165) is 4.80 Å². The van der Waals surface area contributed by atoms with Crippen molar-refractivity contribution < 1.29 is 32.3 Å². The average Bonchev–Trinajstić information content (AvgIpc) is 3.63. The third-order valence-corrected chi connectivity index (χ3v) is 6.14. The number of alkyl halides is 3. The van der Waals surface area contributed by atoms with Crippen LogP contribution in [0.2, 0.25) is 5.02 Å². The van der Waals surface area contributed by atoms with Gasteiger partial charge < -0.3 is 14.8 Å². The van der Waals surface area contributed by atoms with Crippen molar-refractivity contribution in [1.82, 2.24) is 40.8 Å². The maximum Gasteiger partial charge on any atom is 0.455 e. The highest BCUT2D eigenvalue weighted by atomic mass is 35.5. The Bertz CT molecular complexity index is 1730. The molecule has 2 aromatic heterocycles. The van der Waals surface area contributed by atoms with Crippen molar-refractivity contribution in [3.63, 3.8) is 0 Å². The van der Waals surface area contributed by atoms with Crippen LogP contribution < -0.4 is 16.2 Å². The lowest BCUT2D eigenvalue weighted by Gasteiger charge is -2.17. The van der Waals surface area contributed by atoms with Crippen molar-refractivity contribution in [1.29, 1.82) is 5.26 Å². The van der Waals surface area contributed by atoms with E-state index in [1.165, 1.54) is 16.8 Å². The maximum absolute atomic E-state index is 13.1. The molecule has 0 radical (unpaired) electrons. The van der Waals surface area contributed by atoms with E-state index >= 15 is 0 Å². The number of tetrazole rings is 1. The fourth-order valence-corrected chi connectivity index (χ4v) is 4.22. The molecule has 4 rings (SSSR count). The second kappa shape index (κ2) is 13.6. The van der Waals surface area contributed by atoms with Gasteiger partial charge in [0.15, 0.2) is 0 Å². The smallest absolute Gasteiger partial charge is 0.449 e. The maximum atomic E-state index is 13.1. The number of hydrogen-bond acceptors (Lipinski definition) is 10. The molecule has 2 heterocycles. The average molecular weight is 631 g/mol. The van der Waals surface area contributed by atoms with Crippen LogP contribution in [0.1, 0.15) is 45.6 Å². The van der Waals surface area contributed by atoms with E-state index in [1.807, 2.05) is 6.07 Å². The number of anilines is 1. The van der Waals surface area contributed by atoms with Gasteiger partial charge >= 0.3 is 12.3 Å². The lowest BCUT2D eigenvalue weighted by atomic mass is 10.00. The highest BCUT2D eigenvalue weighted by Crippen LogP contribution is 2.28. The van der Waals surface area contributed by atoms with Crippen LogP contribution in [-0.2, 0) is 35.2 Å². The standard InChI is InChI=1S/C26H22ClF3N10O4/c1-2-44-25(43)35-33-23(42)19-10-15(12-31)9-16(7-8-41)22(19)32-13-18-11-17(14-39-37-24(34-38-39)26(28,29)30)36-40(18)21-6-4-3-5-20(21)27/h3-6,8-11,32H,2,7,13-14H2,1H3,(H,33,42)(H,35,43). The molecule has 0 aliphatic heterocycles. The van der Waals surface area contributed by atoms with Gasteiger partial charge in [-0.3, -0.25) is 10.2 Å². The molecular weight excluding hydrogens is 609 g/mol. The van der Waals surface area contributed by atoms with Crippen LogP contribution in [0.15, 0.2) is 42.5 Å². The van der Waals surface area contributed by atoms with Crippen LogP contribution >= 0.6 is 11.6 Å². The zero-order chi connectivity index (χ0) is 31.9. The summed E-state index contributed by atoms with van der Waals surface area (Å²) in [4.78, 5) is 37.0. The van der Waals surface area contributed by atoms with E-state index in [-0.39, 0.29) is 48.6 Å². The van der Waals surface area contributed by atoms with Gasteiger partial charge in [0.05, 0.1) is 58.1 Å². The van der Waals surface area contributed by atoms with Gasteiger partial charge in [-0.2, -0.15) is 28.3 Å². The zero-order valence-electron chi connectivity index (χ0n) is 22.7. The summed E-state index contributed by atoms with van der Waals surface area (Å²) in [6.45, 7) is 1.31. The number of hydrazine groups is 1. The largest absolute Gasteiger partial charge is 0.455 e. The molecule has 0 fully saturated rings. The number of nitriles is 1. The van der Waals surface area contributed by atoms with Gasteiger partial charge in [0.2, 0.25) is 0 Å². The molecule has 0 saturated heterocycles. The molecule has 0 saturated carbocycles. The van der Waals surface area contributed by atoms with Crippen LogP contribution in [0.4, 0.5) is 23.7 Å². The molecule has 0 unspecified atom stereocenters. The van der Waals surface area contributed by atoms with Gasteiger partial charge in [0.1, 0.15) is 12.8 Å².